The van der Waals surface area contributed by atoms with E-state index in [0.29, 0.717) is 47.8 Å². The first-order valence-electron chi connectivity index (χ1n) is 14.9. The number of nitrogens with one attached hydrogen (secondary N) is 3. The van der Waals surface area contributed by atoms with Crippen molar-refractivity contribution in [3.05, 3.63) is 82.3 Å². The average Bonchev–Trinajstić information content (AvgIpc) is 3.48. The Bertz CT molecular complexity index is 1810. The van der Waals surface area contributed by atoms with Crippen molar-refractivity contribution in [2.24, 2.45) is 5.92 Å². The number of hydrogen-bond donors (Lipinski definition) is 4. The van der Waals surface area contributed by atoms with Crippen LogP contribution in [0.3, 0.4) is 0 Å². The maximum atomic E-state index is 13.1. The summed E-state index contributed by atoms with van der Waals surface area (Å²) in [6.45, 7) is 2.95. The lowest BCUT2D eigenvalue weighted by atomic mass is 9.93. The van der Waals surface area contributed by atoms with Crippen molar-refractivity contribution in [2.75, 3.05) is 29.0 Å². The molecule has 2 amide bonds. The second-order valence-electron chi connectivity index (χ2n) is 11.3. The lowest BCUT2D eigenvalue weighted by molar-refractivity contribution is -0.192. The van der Waals surface area contributed by atoms with Crippen LogP contribution in [0.2, 0.25) is 5.02 Å². The van der Waals surface area contributed by atoms with Gasteiger partial charge in [-0.05, 0) is 80.0 Å². The van der Waals surface area contributed by atoms with E-state index in [1.54, 1.807) is 24.1 Å². The zero-order valence-electron chi connectivity index (χ0n) is 25.6. The number of alkyl halides is 3. The van der Waals surface area contributed by atoms with Crippen molar-refractivity contribution < 1.29 is 37.2 Å². The van der Waals surface area contributed by atoms with Gasteiger partial charge < -0.3 is 30.5 Å². The van der Waals surface area contributed by atoms with Crippen molar-refractivity contribution in [2.45, 2.75) is 45.2 Å². The fourth-order valence-electron chi connectivity index (χ4n) is 5.30. The van der Waals surface area contributed by atoms with Gasteiger partial charge in [0, 0.05) is 42.6 Å². The summed E-state index contributed by atoms with van der Waals surface area (Å²) in [6.07, 6.45) is -0.0762. The van der Waals surface area contributed by atoms with Crippen LogP contribution < -0.4 is 16.0 Å². The summed E-state index contributed by atoms with van der Waals surface area (Å²) in [4.78, 5) is 45.3. The molecular weight excluding hydrogens is 655 g/mol. The number of aromatic nitrogens is 3. The van der Waals surface area contributed by atoms with E-state index in [1.165, 1.54) is 0 Å². The third-order valence-corrected chi connectivity index (χ3v) is 7.99. The number of likely N-dealkylation sites (tertiary alicyclic amines) is 1. The van der Waals surface area contributed by atoms with E-state index >= 15 is 0 Å². The number of carboxylic acids is 1. The molecule has 0 unspecified atom stereocenters. The minimum absolute atomic E-state index is 0.0311. The summed E-state index contributed by atoms with van der Waals surface area (Å²) in [5.74, 6) is -1.16. The van der Waals surface area contributed by atoms with Gasteiger partial charge in [0.15, 0.2) is 11.5 Å². The summed E-state index contributed by atoms with van der Waals surface area (Å²) in [6, 6.07) is 15.6. The number of halogens is 4. The Balaban J connectivity index is 0.000000582. The fraction of sp³-hybridized carbons (Fsp3) is 0.312. The number of nitrogens with zero attached hydrogens (tertiary/aromatic N) is 4. The number of hydrogen-bond acceptors (Lipinski definition) is 9. The number of carbonyl (C=O) groups is 3. The molecule has 2 aromatic heterocycles. The number of carboxylic acid groups (broad SMARTS) is 1. The van der Waals surface area contributed by atoms with Crippen molar-refractivity contribution in [1.82, 2.24) is 20.0 Å². The Hall–Kier alpha value is -5.18. The fourth-order valence-corrected chi connectivity index (χ4v) is 5.44. The third kappa shape index (κ3) is 9.00. The maximum Gasteiger partial charge on any atom is 0.490 e. The number of amides is 2. The summed E-state index contributed by atoms with van der Waals surface area (Å²) in [5.41, 5.74) is 4.98. The Labute approximate surface area is 277 Å². The molecule has 0 atom stereocenters. The molecule has 252 valence electrons. The molecular formula is C32H31ClF3N7O5. The Morgan fingerprint density at radius 2 is 1.79 bits per heavy atom. The molecule has 0 radical (unpaired) electrons. The SMILES string of the molecule is Cc1cc(C(=O)N2CCC(CC(=O)Nc3ccc4cc3CCc3cccc(c3)Nc3ncc(Cl)c(n3)N4)CC2)no1.O=C(O)C(F)(F)F. The molecule has 6 rings (SSSR count). The van der Waals surface area contributed by atoms with Gasteiger partial charge in [-0.1, -0.05) is 28.9 Å². The Morgan fingerprint density at radius 3 is 2.48 bits per heavy atom. The Kier molecular flexibility index (Phi) is 10.5. The first kappa shape index (κ1) is 34.2. The molecule has 0 aliphatic carbocycles. The normalized spacial score (nSPS) is 14.5. The summed E-state index contributed by atoms with van der Waals surface area (Å²) in [7, 11) is 0. The van der Waals surface area contributed by atoms with Crippen molar-refractivity contribution in [3.8, 4) is 0 Å². The van der Waals surface area contributed by atoms with Crippen LogP contribution in [0, 0.1) is 12.8 Å². The zero-order valence-corrected chi connectivity index (χ0v) is 26.4. The van der Waals surface area contributed by atoms with E-state index in [4.69, 9.17) is 26.0 Å². The maximum absolute atomic E-state index is 13.1. The van der Waals surface area contributed by atoms with E-state index in [1.807, 2.05) is 30.3 Å². The zero-order chi connectivity index (χ0) is 34.4. The number of carbonyl (C=O) groups excluding carboxylic acids is 2. The highest BCUT2D eigenvalue weighted by Crippen LogP contribution is 2.30. The average molecular weight is 686 g/mol. The molecule has 2 aromatic carbocycles. The van der Waals surface area contributed by atoms with Crippen molar-refractivity contribution in [3.63, 3.8) is 0 Å². The van der Waals surface area contributed by atoms with Gasteiger partial charge in [-0.2, -0.15) is 18.2 Å². The number of fused-ring (bicyclic) bond motifs is 6. The second-order valence-corrected chi connectivity index (χ2v) is 11.7. The standard InChI is InChI=1S/C30H30ClN7O3.C2HF3O2/c1-18-13-26(37-41-18)29(40)38-11-9-20(10-12-38)15-27(39)35-25-8-7-23-16-21(25)6-5-19-3-2-4-22(14-19)34-30-32-17-24(31)28(33-23)36-30;3-2(4,5)1(6)7/h2-4,7-8,13-14,16-17,20H,5-6,9-12,15H2,1H3,(H,35,39)(H2,32,33,34,36);(H,6,7). The van der Waals surface area contributed by atoms with Crippen molar-refractivity contribution in [1.29, 1.82) is 0 Å². The predicted octanol–water partition coefficient (Wildman–Crippen LogP) is 6.53. The highest BCUT2D eigenvalue weighted by molar-refractivity contribution is 6.32. The van der Waals surface area contributed by atoms with Crippen LogP contribution in [-0.2, 0) is 22.4 Å². The first-order chi connectivity index (χ1) is 22.8. The highest BCUT2D eigenvalue weighted by Gasteiger charge is 2.38. The minimum atomic E-state index is -5.08. The van der Waals surface area contributed by atoms with Crippen LogP contribution in [0.4, 0.5) is 42.0 Å². The van der Waals surface area contributed by atoms with E-state index in [2.05, 4.69) is 43.2 Å². The van der Waals surface area contributed by atoms with E-state index in [9.17, 15) is 22.8 Å². The molecule has 12 nitrogen and oxygen atoms in total. The van der Waals surface area contributed by atoms with Gasteiger partial charge in [-0.15, -0.1) is 0 Å². The van der Waals surface area contributed by atoms with Crippen LogP contribution in [0.5, 0.6) is 0 Å². The molecule has 4 heterocycles. The number of piperidine rings is 1. The monoisotopic (exact) mass is 685 g/mol. The molecule has 2 aliphatic rings. The molecule has 1 saturated heterocycles. The van der Waals surface area contributed by atoms with Gasteiger partial charge in [0.05, 0.1) is 6.20 Å². The van der Waals surface area contributed by atoms with Crippen LogP contribution >= 0.6 is 11.6 Å². The van der Waals surface area contributed by atoms with Gasteiger partial charge in [-0.3, -0.25) is 9.59 Å². The van der Waals surface area contributed by atoms with Crippen LogP contribution in [0.1, 0.15) is 46.6 Å². The molecule has 1 fully saturated rings. The van der Waals surface area contributed by atoms with Crippen LogP contribution in [-0.4, -0.2) is 62.2 Å². The number of aliphatic carboxylic acids is 1. The molecule has 0 saturated carbocycles. The molecule has 48 heavy (non-hydrogen) atoms. The number of aryl methyl sites for hydroxylation is 3. The van der Waals surface area contributed by atoms with Gasteiger partial charge in [0.1, 0.15) is 10.8 Å². The Morgan fingerprint density at radius 1 is 1.06 bits per heavy atom. The van der Waals surface area contributed by atoms with Gasteiger partial charge in [0.2, 0.25) is 11.9 Å². The lowest BCUT2D eigenvalue weighted by Gasteiger charge is -2.31. The second kappa shape index (κ2) is 14.7. The minimum Gasteiger partial charge on any atom is -0.475 e. The van der Waals surface area contributed by atoms with Crippen LogP contribution in [0.25, 0.3) is 0 Å². The largest absolute Gasteiger partial charge is 0.490 e. The quantitative estimate of drug-likeness (QED) is 0.186. The summed E-state index contributed by atoms with van der Waals surface area (Å²) >= 11 is 6.38. The smallest absolute Gasteiger partial charge is 0.475 e. The third-order valence-electron chi connectivity index (χ3n) is 7.72. The lowest BCUT2D eigenvalue weighted by Crippen LogP contribution is -2.39. The predicted molar refractivity (Wildman–Crippen MR) is 171 cm³/mol. The van der Waals surface area contributed by atoms with Gasteiger partial charge in [0.25, 0.3) is 5.91 Å². The highest BCUT2D eigenvalue weighted by atomic mass is 35.5. The van der Waals surface area contributed by atoms with Gasteiger partial charge >= 0.3 is 12.1 Å². The van der Waals surface area contributed by atoms with Gasteiger partial charge in [-0.25, -0.2) is 9.78 Å². The summed E-state index contributed by atoms with van der Waals surface area (Å²) < 4.78 is 36.8. The van der Waals surface area contributed by atoms with E-state index < -0.39 is 12.1 Å². The molecule has 16 heteroatoms. The van der Waals surface area contributed by atoms with Crippen molar-refractivity contribution >= 4 is 58.2 Å². The molecule has 0 spiro atoms. The van der Waals surface area contributed by atoms with E-state index in [-0.39, 0.29) is 17.7 Å². The topological polar surface area (TPSA) is 163 Å². The number of benzene rings is 2. The first-order valence-corrected chi connectivity index (χ1v) is 15.3. The summed E-state index contributed by atoms with van der Waals surface area (Å²) in [5, 5.41) is 21.1. The molecule has 4 aromatic rings. The molecule has 4 N–H and O–H groups in total. The molecule has 6 bridgehead atoms. The number of anilines is 5. The van der Waals surface area contributed by atoms with E-state index in [0.717, 1.165) is 53.9 Å². The van der Waals surface area contributed by atoms with Crippen LogP contribution in [0.15, 0.2) is 59.3 Å². The molecule has 2 aliphatic heterocycles. The number of rotatable bonds is 4.